The third-order valence-electron chi connectivity index (χ3n) is 3.84. The first-order valence-electron chi connectivity index (χ1n) is 7.33. The number of nitrogens with two attached hydrogens (primary N) is 1. The Kier molecular flexibility index (Phi) is 5.45. The SMILES string of the molecule is NCCCCC(=O)N(Cc1ccco1)C1CCCC1. The minimum Gasteiger partial charge on any atom is -0.467 e. The lowest BCUT2D eigenvalue weighted by Gasteiger charge is -2.28. The summed E-state index contributed by atoms with van der Waals surface area (Å²) >= 11 is 0. The lowest BCUT2D eigenvalue weighted by Crippen LogP contribution is -2.38. The van der Waals surface area contributed by atoms with Crippen LogP contribution in [-0.4, -0.2) is 23.4 Å². The zero-order valence-corrected chi connectivity index (χ0v) is 11.5. The summed E-state index contributed by atoms with van der Waals surface area (Å²) in [6.45, 7) is 1.27. The molecule has 1 aliphatic rings. The van der Waals surface area contributed by atoms with Gasteiger partial charge in [-0.05, 0) is 44.4 Å². The number of carbonyl (C=O) groups is 1. The number of amides is 1. The summed E-state index contributed by atoms with van der Waals surface area (Å²) in [5.41, 5.74) is 5.48. The van der Waals surface area contributed by atoms with E-state index in [-0.39, 0.29) is 5.91 Å². The average molecular weight is 264 g/mol. The van der Waals surface area contributed by atoms with Crippen LogP contribution in [0.25, 0.3) is 0 Å². The maximum atomic E-state index is 12.4. The first-order valence-corrected chi connectivity index (χ1v) is 7.33. The molecule has 1 saturated carbocycles. The highest BCUT2D eigenvalue weighted by molar-refractivity contribution is 5.76. The van der Waals surface area contributed by atoms with Crippen molar-refractivity contribution in [1.29, 1.82) is 0 Å². The van der Waals surface area contributed by atoms with E-state index in [1.54, 1.807) is 6.26 Å². The molecule has 106 valence electrons. The van der Waals surface area contributed by atoms with Crippen molar-refractivity contribution in [1.82, 2.24) is 4.90 Å². The number of hydrogen-bond acceptors (Lipinski definition) is 3. The molecule has 0 saturated heterocycles. The van der Waals surface area contributed by atoms with Crippen molar-refractivity contribution in [3.8, 4) is 0 Å². The summed E-state index contributed by atoms with van der Waals surface area (Å²) in [5.74, 6) is 1.12. The minimum absolute atomic E-state index is 0.247. The Bertz CT molecular complexity index is 370. The molecular formula is C15H24N2O2. The van der Waals surface area contributed by atoms with Crippen molar-refractivity contribution in [2.45, 2.75) is 57.5 Å². The lowest BCUT2D eigenvalue weighted by atomic mass is 10.1. The van der Waals surface area contributed by atoms with Crippen LogP contribution in [0.4, 0.5) is 0 Å². The van der Waals surface area contributed by atoms with Crippen LogP contribution in [0.1, 0.15) is 50.7 Å². The van der Waals surface area contributed by atoms with Crippen LogP contribution in [0.2, 0.25) is 0 Å². The fraction of sp³-hybridized carbons (Fsp3) is 0.667. The molecular weight excluding hydrogens is 240 g/mol. The molecule has 0 aliphatic heterocycles. The van der Waals surface area contributed by atoms with Gasteiger partial charge >= 0.3 is 0 Å². The number of unbranched alkanes of at least 4 members (excludes halogenated alkanes) is 1. The summed E-state index contributed by atoms with van der Waals surface area (Å²) < 4.78 is 5.39. The first-order chi connectivity index (χ1) is 9.31. The smallest absolute Gasteiger partial charge is 0.223 e. The first kappa shape index (κ1) is 14.1. The Morgan fingerprint density at radius 2 is 2.16 bits per heavy atom. The van der Waals surface area contributed by atoms with E-state index in [0.717, 1.165) is 31.4 Å². The van der Waals surface area contributed by atoms with E-state index < -0.39 is 0 Å². The van der Waals surface area contributed by atoms with Gasteiger partial charge in [-0.15, -0.1) is 0 Å². The van der Waals surface area contributed by atoms with Crippen molar-refractivity contribution in [3.05, 3.63) is 24.2 Å². The predicted molar refractivity (Wildman–Crippen MR) is 74.4 cm³/mol. The van der Waals surface area contributed by atoms with Gasteiger partial charge in [0.05, 0.1) is 12.8 Å². The second kappa shape index (κ2) is 7.34. The Balaban J connectivity index is 1.94. The van der Waals surface area contributed by atoms with Crippen molar-refractivity contribution in [3.63, 3.8) is 0 Å². The number of hydrogen-bond donors (Lipinski definition) is 1. The standard InChI is InChI=1S/C15H24N2O2/c16-10-4-3-9-15(18)17(13-6-1-2-7-13)12-14-8-5-11-19-14/h5,8,11,13H,1-4,6-7,9-10,12,16H2. The van der Waals surface area contributed by atoms with E-state index in [2.05, 4.69) is 0 Å². The molecule has 4 heteroatoms. The van der Waals surface area contributed by atoms with Gasteiger partial charge in [-0.25, -0.2) is 0 Å². The highest BCUT2D eigenvalue weighted by atomic mass is 16.3. The van der Waals surface area contributed by atoms with Gasteiger partial charge in [0.2, 0.25) is 5.91 Å². The normalized spacial score (nSPS) is 15.8. The molecule has 0 aromatic carbocycles. The topological polar surface area (TPSA) is 59.5 Å². The summed E-state index contributed by atoms with van der Waals surface area (Å²) in [7, 11) is 0. The van der Waals surface area contributed by atoms with Crippen LogP contribution in [0.15, 0.2) is 22.8 Å². The molecule has 1 aromatic heterocycles. The summed E-state index contributed by atoms with van der Waals surface area (Å²) in [5, 5.41) is 0. The van der Waals surface area contributed by atoms with E-state index in [0.29, 0.717) is 25.6 Å². The Morgan fingerprint density at radius 1 is 1.37 bits per heavy atom. The number of carbonyl (C=O) groups excluding carboxylic acids is 1. The molecule has 1 aromatic rings. The molecule has 1 aliphatic carbocycles. The number of furan rings is 1. The molecule has 0 bridgehead atoms. The molecule has 19 heavy (non-hydrogen) atoms. The maximum Gasteiger partial charge on any atom is 0.223 e. The van der Waals surface area contributed by atoms with Crippen LogP contribution >= 0.6 is 0 Å². The Labute approximate surface area is 114 Å². The van der Waals surface area contributed by atoms with Crippen LogP contribution in [0.3, 0.4) is 0 Å². The average Bonchev–Trinajstić information content (AvgIpc) is 3.09. The molecule has 2 N–H and O–H groups in total. The van der Waals surface area contributed by atoms with Gasteiger partial charge in [-0.2, -0.15) is 0 Å². The van der Waals surface area contributed by atoms with Gasteiger partial charge in [-0.3, -0.25) is 4.79 Å². The third kappa shape index (κ3) is 4.10. The minimum atomic E-state index is 0.247. The van der Waals surface area contributed by atoms with Gasteiger partial charge in [0, 0.05) is 12.5 Å². The van der Waals surface area contributed by atoms with Crippen molar-refractivity contribution in [2.75, 3.05) is 6.54 Å². The summed E-state index contributed by atoms with van der Waals surface area (Å²) in [6, 6.07) is 4.21. The molecule has 0 atom stereocenters. The second-order valence-corrected chi connectivity index (χ2v) is 5.29. The molecule has 2 rings (SSSR count). The maximum absolute atomic E-state index is 12.4. The van der Waals surface area contributed by atoms with Gasteiger partial charge < -0.3 is 15.1 Å². The highest BCUT2D eigenvalue weighted by Crippen LogP contribution is 2.26. The van der Waals surface area contributed by atoms with Gasteiger partial charge in [0.1, 0.15) is 5.76 Å². The second-order valence-electron chi connectivity index (χ2n) is 5.29. The number of rotatable bonds is 7. The monoisotopic (exact) mass is 264 g/mol. The van der Waals surface area contributed by atoms with Gasteiger partial charge in [-0.1, -0.05) is 12.8 Å². The summed E-state index contributed by atoms with van der Waals surface area (Å²) in [6.07, 6.45) is 8.80. The molecule has 1 amide bonds. The predicted octanol–water partition coefficient (Wildman–Crippen LogP) is 2.68. The fourth-order valence-electron chi connectivity index (χ4n) is 2.77. The van der Waals surface area contributed by atoms with Crippen LogP contribution < -0.4 is 5.73 Å². The lowest BCUT2D eigenvalue weighted by molar-refractivity contribution is -0.134. The Hall–Kier alpha value is -1.29. The molecule has 0 unspecified atom stereocenters. The van der Waals surface area contributed by atoms with Crippen molar-refractivity contribution >= 4 is 5.91 Å². The van der Waals surface area contributed by atoms with Crippen LogP contribution in [0, 0.1) is 0 Å². The largest absolute Gasteiger partial charge is 0.467 e. The highest BCUT2D eigenvalue weighted by Gasteiger charge is 2.26. The quantitative estimate of drug-likeness (QED) is 0.770. The molecule has 0 radical (unpaired) electrons. The van der Waals surface area contributed by atoms with E-state index >= 15 is 0 Å². The van der Waals surface area contributed by atoms with E-state index in [1.165, 1.54) is 12.8 Å². The Morgan fingerprint density at radius 3 is 2.79 bits per heavy atom. The molecule has 4 nitrogen and oxygen atoms in total. The molecule has 1 heterocycles. The third-order valence-corrected chi connectivity index (χ3v) is 3.84. The number of nitrogens with zero attached hydrogens (tertiary/aromatic N) is 1. The molecule has 1 fully saturated rings. The fourth-order valence-corrected chi connectivity index (χ4v) is 2.77. The summed E-state index contributed by atoms with van der Waals surface area (Å²) in [4.78, 5) is 14.4. The van der Waals surface area contributed by atoms with Crippen LogP contribution in [-0.2, 0) is 11.3 Å². The van der Waals surface area contributed by atoms with E-state index in [9.17, 15) is 4.79 Å². The van der Waals surface area contributed by atoms with Crippen LogP contribution in [0.5, 0.6) is 0 Å². The van der Waals surface area contributed by atoms with Gasteiger partial charge in [0.25, 0.3) is 0 Å². The van der Waals surface area contributed by atoms with E-state index in [4.69, 9.17) is 10.2 Å². The molecule has 0 spiro atoms. The van der Waals surface area contributed by atoms with E-state index in [1.807, 2.05) is 17.0 Å². The zero-order chi connectivity index (χ0) is 13.5. The van der Waals surface area contributed by atoms with Crippen molar-refractivity contribution in [2.24, 2.45) is 5.73 Å². The van der Waals surface area contributed by atoms with Crippen molar-refractivity contribution < 1.29 is 9.21 Å². The van der Waals surface area contributed by atoms with Gasteiger partial charge in [0.15, 0.2) is 0 Å². The zero-order valence-electron chi connectivity index (χ0n) is 11.5.